The summed E-state index contributed by atoms with van der Waals surface area (Å²) >= 11 is 0. The van der Waals surface area contributed by atoms with Gasteiger partial charge in [-0.25, -0.2) is 0 Å². The lowest BCUT2D eigenvalue weighted by atomic mass is 9.90. The molecule has 2 heteroatoms. The summed E-state index contributed by atoms with van der Waals surface area (Å²) in [5.41, 5.74) is 0.401. The molecule has 1 N–H and O–H groups in total. The van der Waals surface area contributed by atoms with E-state index in [2.05, 4.69) is 31.0 Å². The van der Waals surface area contributed by atoms with E-state index in [9.17, 15) is 0 Å². The van der Waals surface area contributed by atoms with Crippen LogP contribution >= 0.6 is 0 Å². The van der Waals surface area contributed by atoms with Crippen LogP contribution in [0.2, 0.25) is 0 Å². The zero-order valence-corrected chi connectivity index (χ0v) is 14.3. The lowest BCUT2D eigenvalue weighted by molar-refractivity contribution is 0.122. The molecule has 2 nitrogen and oxygen atoms in total. The van der Waals surface area contributed by atoms with Gasteiger partial charge in [-0.05, 0) is 25.8 Å². The smallest absolute Gasteiger partial charge is 0.0304 e. The Labute approximate surface area is 127 Å². The average molecular weight is 283 g/mol. The van der Waals surface area contributed by atoms with Crippen molar-refractivity contribution in [2.45, 2.75) is 90.5 Å². The lowest BCUT2D eigenvalue weighted by Gasteiger charge is -2.43. The van der Waals surface area contributed by atoms with Gasteiger partial charge in [0, 0.05) is 25.2 Å². The molecule has 0 saturated carbocycles. The molecule has 0 atom stereocenters. The molecule has 0 spiro atoms. The van der Waals surface area contributed by atoms with Crippen LogP contribution in [0.4, 0.5) is 0 Å². The van der Waals surface area contributed by atoms with Crippen molar-refractivity contribution in [3.05, 3.63) is 0 Å². The molecular weight excluding hydrogens is 244 g/mol. The van der Waals surface area contributed by atoms with Crippen molar-refractivity contribution in [2.75, 3.05) is 26.2 Å². The fourth-order valence-corrected chi connectivity index (χ4v) is 3.43. The second-order valence-corrected chi connectivity index (χ2v) is 6.67. The quantitative estimate of drug-likeness (QED) is 0.558. The van der Waals surface area contributed by atoms with E-state index in [1.54, 1.807) is 0 Å². The number of rotatable bonds is 11. The molecule has 0 unspecified atom stereocenters. The van der Waals surface area contributed by atoms with Crippen LogP contribution in [0.5, 0.6) is 0 Å². The highest BCUT2D eigenvalue weighted by Gasteiger charge is 2.31. The van der Waals surface area contributed by atoms with E-state index in [-0.39, 0.29) is 0 Å². The summed E-state index contributed by atoms with van der Waals surface area (Å²) in [5.74, 6) is 0. The highest BCUT2D eigenvalue weighted by atomic mass is 15.2. The number of hydrogen-bond donors (Lipinski definition) is 1. The summed E-state index contributed by atoms with van der Waals surface area (Å²) in [6, 6.07) is 0. The number of piperazine rings is 1. The van der Waals surface area contributed by atoms with Gasteiger partial charge in [0.05, 0.1) is 0 Å². The Hall–Kier alpha value is -0.0800. The van der Waals surface area contributed by atoms with Gasteiger partial charge in [0.25, 0.3) is 0 Å². The SMILES string of the molecule is CCCCCCCCCCN1CCNC(CC)(CC)C1. The Morgan fingerprint density at radius 1 is 0.850 bits per heavy atom. The molecule has 1 fully saturated rings. The first-order chi connectivity index (χ1) is 9.76. The third kappa shape index (κ3) is 6.58. The van der Waals surface area contributed by atoms with Gasteiger partial charge in [-0.2, -0.15) is 0 Å². The Bertz CT molecular complexity index is 223. The molecule has 0 aromatic rings. The molecule has 1 rings (SSSR count). The predicted molar refractivity (Wildman–Crippen MR) is 90.4 cm³/mol. The minimum absolute atomic E-state index is 0.401. The van der Waals surface area contributed by atoms with Gasteiger partial charge in [0.1, 0.15) is 0 Å². The highest BCUT2D eigenvalue weighted by Crippen LogP contribution is 2.20. The third-order valence-electron chi connectivity index (χ3n) is 5.14. The Morgan fingerprint density at radius 2 is 1.45 bits per heavy atom. The summed E-state index contributed by atoms with van der Waals surface area (Å²) in [5, 5.41) is 3.75. The highest BCUT2D eigenvalue weighted by molar-refractivity contribution is 4.92. The fraction of sp³-hybridized carbons (Fsp3) is 1.00. The first kappa shape index (κ1) is 18.0. The van der Waals surface area contributed by atoms with Gasteiger partial charge in [0.15, 0.2) is 0 Å². The molecule has 0 aromatic heterocycles. The molecule has 0 aliphatic carbocycles. The minimum atomic E-state index is 0.401. The molecule has 1 aliphatic rings. The summed E-state index contributed by atoms with van der Waals surface area (Å²) < 4.78 is 0. The predicted octanol–water partition coefficient (Wildman–Crippen LogP) is 4.59. The lowest BCUT2D eigenvalue weighted by Crippen LogP contribution is -2.59. The third-order valence-corrected chi connectivity index (χ3v) is 5.14. The largest absolute Gasteiger partial charge is 0.309 e. The number of unbranched alkanes of at least 4 members (excludes halogenated alkanes) is 7. The Morgan fingerprint density at radius 3 is 2.05 bits per heavy atom. The van der Waals surface area contributed by atoms with Crippen LogP contribution in [0.25, 0.3) is 0 Å². The van der Waals surface area contributed by atoms with Crippen LogP contribution in [-0.2, 0) is 0 Å². The average Bonchev–Trinajstić information content (AvgIpc) is 2.50. The van der Waals surface area contributed by atoms with Gasteiger partial charge in [-0.15, -0.1) is 0 Å². The van der Waals surface area contributed by atoms with E-state index < -0.39 is 0 Å². The first-order valence-electron chi connectivity index (χ1n) is 9.23. The maximum atomic E-state index is 3.75. The molecule has 1 saturated heterocycles. The Balaban J connectivity index is 2.04. The van der Waals surface area contributed by atoms with Crippen LogP contribution < -0.4 is 5.32 Å². The topological polar surface area (TPSA) is 15.3 Å². The van der Waals surface area contributed by atoms with Gasteiger partial charge >= 0.3 is 0 Å². The van der Waals surface area contributed by atoms with E-state index in [0.717, 1.165) is 0 Å². The second-order valence-electron chi connectivity index (χ2n) is 6.67. The molecule has 1 aliphatic heterocycles. The number of nitrogens with zero attached hydrogens (tertiary/aromatic N) is 1. The van der Waals surface area contributed by atoms with Gasteiger partial charge in [-0.3, -0.25) is 0 Å². The second kappa shape index (κ2) is 10.6. The van der Waals surface area contributed by atoms with Crippen LogP contribution in [0.1, 0.15) is 85.0 Å². The molecule has 120 valence electrons. The van der Waals surface area contributed by atoms with Crippen molar-refractivity contribution in [3.8, 4) is 0 Å². The van der Waals surface area contributed by atoms with E-state index in [4.69, 9.17) is 0 Å². The van der Waals surface area contributed by atoms with Crippen molar-refractivity contribution in [2.24, 2.45) is 0 Å². The van der Waals surface area contributed by atoms with Crippen LogP contribution in [0.15, 0.2) is 0 Å². The summed E-state index contributed by atoms with van der Waals surface area (Å²) in [6.45, 7) is 12.0. The maximum absolute atomic E-state index is 3.75. The monoisotopic (exact) mass is 282 g/mol. The van der Waals surface area contributed by atoms with Gasteiger partial charge < -0.3 is 10.2 Å². The zero-order valence-electron chi connectivity index (χ0n) is 14.3. The molecule has 0 radical (unpaired) electrons. The molecule has 0 amide bonds. The van der Waals surface area contributed by atoms with Crippen molar-refractivity contribution in [1.82, 2.24) is 10.2 Å². The van der Waals surface area contributed by atoms with E-state index in [1.165, 1.54) is 90.4 Å². The van der Waals surface area contributed by atoms with Crippen LogP contribution in [0, 0.1) is 0 Å². The van der Waals surface area contributed by atoms with Crippen molar-refractivity contribution >= 4 is 0 Å². The van der Waals surface area contributed by atoms with Gasteiger partial charge in [-0.1, -0.05) is 65.7 Å². The standard InChI is InChI=1S/C18H38N2/c1-4-7-8-9-10-11-12-13-15-20-16-14-19-18(5-2,6-3)17-20/h19H,4-17H2,1-3H3. The van der Waals surface area contributed by atoms with Crippen molar-refractivity contribution in [1.29, 1.82) is 0 Å². The van der Waals surface area contributed by atoms with E-state index in [1.807, 2.05) is 0 Å². The van der Waals surface area contributed by atoms with Crippen molar-refractivity contribution in [3.63, 3.8) is 0 Å². The van der Waals surface area contributed by atoms with Crippen LogP contribution in [0.3, 0.4) is 0 Å². The van der Waals surface area contributed by atoms with Gasteiger partial charge in [0.2, 0.25) is 0 Å². The summed E-state index contributed by atoms with van der Waals surface area (Å²) in [6.07, 6.45) is 13.9. The number of nitrogens with one attached hydrogen (secondary N) is 1. The van der Waals surface area contributed by atoms with Crippen molar-refractivity contribution < 1.29 is 0 Å². The van der Waals surface area contributed by atoms with E-state index >= 15 is 0 Å². The minimum Gasteiger partial charge on any atom is -0.309 e. The summed E-state index contributed by atoms with van der Waals surface area (Å²) in [4.78, 5) is 2.70. The maximum Gasteiger partial charge on any atom is 0.0304 e. The Kier molecular flexibility index (Phi) is 9.54. The first-order valence-corrected chi connectivity index (χ1v) is 9.23. The molecule has 1 heterocycles. The summed E-state index contributed by atoms with van der Waals surface area (Å²) in [7, 11) is 0. The fourth-order valence-electron chi connectivity index (χ4n) is 3.43. The molecule has 0 bridgehead atoms. The molecule has 0 aromatic carbocycles. The molecule has 20 heavy (non-hydrogen) atoms. The molecular formula is C18H38N2. The normalized spacial score (nSPS) is 19.4. The van der Waals surface area contributed by atoms with Crippen LogP contribution in [-0.4, -0.2) is 36.6 Å². The number of hydrogen-bond acceptors (Lipinski definition) is 2. The zero-order chi connectivity index (χ0) is 14.7. The van der Waals surface area contributed by atoms with E-state index in [0.29, 0.717) is 5.54 Å².